The number of nitrogens with one attached hydrogen (secondary N) is 4. The molecule has 2 aromatic rings. The predicted octanol–water partition coefficient (Wildman–Crippen LogP) is 4.67. The molecular weight excluding hydrogens is 628 g/mol. The van der Waals surface area contributed by atoms with Crippen molar-refractivity contribution < 1.29 is 19.1 Å². The molecule has 1 saturated carbocycles. The Hall–Kier alpha value is -3.31. The number of ether oxygens (including phenoxy) is 1. The van der Waals surface area contributed by atoms with Crippen LogP contribution in [0.1, 0.15) is 84.8 Å². The molecule has 5 atom stereocenters. The van der Waals surface area contributed by atoms with Gasteiger partial charge in [-0.1, -0.05) is 86.8 Å². The third-order valence-electron chi connectivity index (χ3n) is 9.08. The van der Waals surface area contributed by atoms with Crippen LogP contribution in [0.5, 0.6) is 0 Å². The molecule has 6 N–H and O–H groups in total. The average Bonchev–Trinajstić information content (AvgIpc) is 3.11. The number of likely N-dealkylation sites (tertiary alicyclic amines) is 1. The Morgan fingerprint density at radius 1 is 0.920 bits per heavy atom. The SMILES string of the molecule is CC(C)NC=O.CC(N)C(Cc1ccccc1)NC(=O)CNC(=O)CNCc1ccccc1.CCN1CC2CCCCC2CC1C.CCOC. The zero-order valence-electron chi connectivity index (χ0n) is 32.0. The van der Waals surface area contributed by atoms with Crippen LogP contribution in [0.4, 0.5) is 0 Å². The number of rotatable bonds is 14. The second kappa shape index (κ2) is 27.4. The van der Waals surface area contributed by atoms with Gasteiger partial charge in [-0.3, -0.25) is 14.4 Å². The smallest absolute Gasteiger partial charge is 0.239 e. The molecule has 1 saturated heterocycles. The van der Waals surface area contributed by atoms with Crippen LogP contribution in [0.15, 0.2) is 60.7 Å². The third-order valence-corrected chi connectivity index (χ3v) is 9.08. The fourth-order valence-corrected chi connectivity index (χ4v) is 6.13. The van der Waals surface area contributed by atoms with Crippen molar-refractivity contribution >= 4 is 18.2 Å². The van der Waals surface area contributed by atoms with Gasteiger partial charge in [0.1, 0.15) is 0 Å². The van der Waals surface area contributed by atoms with Crippen LogP contribution in [-0.2, 0) is 32.1 Å². The highest BCUT2D eigenvalue weighted by Crippen LogP contribution is 2.38. The molecule has 1 heterocycles. The number of carbonyl (C=O) groups excluding carboxylic acids is 3. The van der Waals surface area contributed by atoms with E-state index in [9.17, 15) is 14.4 Å². The number of methoxy groups -OCH3 is 1. The second-order valence-corrected chi connectivity index (χ2v) is 13.6. The predicted molar refractivity (Wildman–Crippen MR) is 206 cm³/mol. The fraction of sp³-hybridized carbons (Fsp3) is 0.625. The van der Waals surface area contributed by atoms with Crippen molar-refractivity contribution in [2.75, 3.05) is 39.9 Å². The summed E-state index contributed by atoms with van der Waals surface area (Å²) in [5.74, 6) is 1.66. The topological polar surface area (TPSA) is 138 Å². The standard InChI is InChI=1S/C21H28N4O2.C12H23N.C4H9NO.C3H8O/c1-16(22)19(12-17-8-4-2-5-9-17)25-21(27)15-24-20(26)14-23-13-18-10-6-3-7-11-18;1-3-13-9-12-7-5-4-6-11(12)8-10(13)2;1-4(2)5-3-6;1-3-4-2/h2-11,16,19,23H,12-15,22H2,1H3,(H,24,26)(H,25,27);10-12H,3-9H2,1-2H3;3-4H,1-2H3,(H,5,6);3H2,1-2H3. The van der Waals surface area contributed by atoms with Gasteiger partial charge in [0.25, 0.3) is 0 Å². The summed E-state index contributed by atoms with van der Waals surface area (Å²) >= 11 is 0. The molecule has 1 aliphatic heterocycles. The quantitative estimate of drug-likeness (QED) is 0.181. The van der Waals surface area contributed by atoms with Crippen LogP contribution in [0.2, 0.25) is 0 Å². The van der Waals surface area contributed by atoms with Gasteiger partial charge in [-0.15, -0.1) is 0 Å². The normalized spacial score (nSPS) is 19.3. The number of nitrogens with zero attached hydrogens (tertiary/aromatic N) is 1. The number of hydrogen-bond donors (Lipinski definition) is 5. The van der Waals surface area contributed by atoms with Gasteiger partial charge in [0.2, 0.25) is 18.2 Å². The summed E-state index contributed by atoms with van der Waals surface area (Å²) < 4.78 is 4.54. The van der Waals surface area contributed by atoms with E-state index in [1.807, 2.05) is 88.4 Å². The molecule has 5 unspecified atom stereocenters. The molecule has 2 aliphatic rings. The monoisotopic (exact) mass is 697 g/mol. The Morgan fingerprint density at radius 2 is 1.50 bits per heavy atom. The first kappa shape index (κ1) is 44.7. The molecule has 282 valence electrons. The number of benzene rings is 2. The van der Waals surface area contributed by atoms with Crippen molar-refractivity contribution in [3.05, 3.63) is 71.8 Å². The van der Waals surface area contributed by atoms with Crippen molar-refractivity contribution in [3.8, 4) is 0 Å². The highest BCUT2D eigenvalue weighted by atomic mass is 16.5. The highest BCUT2D eigenvalue weighted by molar-refractivity contribution is 5.85. The third kappa shape index (κ3) is 20.4. The van der Waals surface area contributed by atoms with E-state index in [2.05, 4.69) is 44.8 Å². The molecule has 10 heteroatoms. The number of carbonyl (C=O) groups is 3. The lowest BCUT2D eigenvalue weighted by Gasteiger charge is -2.44. The maximum absolute atomic E-state index is 12.1. The van der Waals surface area contributed by atoms with Crippen LogP contribution < -0.4 is 27.0 Å². The largest absolute Gasteiger partial charge is 0.385 e. The minimum absolute atomic E-state index is 0.0656. The molecule has 0 spiro atoms. The van der Waals surface area contributed by atoms with Crippen LogP contribution in [0.3, 0.4) is 0 Å². The summed E-state index contributed by atoms with van der Waals surface area (Å²) in [6.45, 7) is 16.5. The van der Waals surface area contributed by atoms with Crippen LogP contribution >= 0.6 is 0 Å². The van der Waals surface area contributed by atoms with E-state index in [0.717, 1.165) is 35.6 Å². The number of amides is 3. The van der Waals surface area contributed by atoms with Gasteiger partial charge in [-0.2, -0.15) is 0 Å². The molecule has 2 fully saturated rings. The molecule has 1 aliphatic carbocycles. The molecule has 4 rings (SSSR count). The number of nitrogens with two attached hydrogens (primary N) is 1. The van der Waals surface area contributed by atoms with E-state index in [1.54, 1.807) is 7.11 Å². The minimum Gasteiger partial charge on any atom is -0.385 e. The maximum Gasteiger partial charge on any atom is 0.239 e. The number of fused-ring (bicyclic) bond motifs is 1. The van der Waals surface area contributed by atoms with Gasteiger partial charge in [-0.25, -0.2) is 0 Å². The zero-order valence-corrected chi connectivity index (χ0v) is 32.0. The van der Waals surface area contributed by atoms with Crippen molar-refractivity contribution in [1.29, 1.82) is 0 Å². The number of piperidine rings is 1. The summed E-state index contributed by atoms with van der Waals surface area (Å²) in [7, 11) is 1.68. The van der Waals surface area contributed by atoms with Crippen LogP contribution in [0.25, 0.3) is 0 Å². The molecule has 0 aromatic heterocycles. The van der Waals surface area contributed by atoms with E-state index >= 15 is 0 Å². The fourth-order valence-electron chi connectivity index (χ4n) is 6.13. The highest BCUT2D eigenvalue weighted by Gasteiger charge is 2.33. The van der Waals surface area contributed by atoms with E-state index < -0.39 is 0 Å². The Balaban J connectivity index is 0.000000444. The molecule has 0 bridgehead atoms. The van der Waals surface area contributed by atoms with E-state index in [0.29, 0.717) is 19.4 Å². The minimum atomic E-state index is -0.246. The molecular formula is C40H68N6O4. The molecule has 0 radical (unpaired) electrons. The first-order valence-electron chi connectivity index (χ1n) is 18.6. The van der Waals surface area contributed by atoms with Crippen molar-refractivity contribution in [2.45, 2.75) is 111 Å². The summed E-state index contributed by atoms with van der Waals surface area (Å²) in [5.41, 5.74) is 8.20. The van der Waals surface area contributed by atoms with E-state index in [4.69, 9.17) is 5.73 Å². The lowest BCUT2D eigenvalue weighted by molar-refractivity contribution is -0.126. The van der Waals surface area contributed by atoms with Crippen molar-refractivity contribution in [3.63, 3.8) is 0 Å². The maximum atomic E-state index is 12.1. The van der Waals surface area contributed by atoms with Gasteiger partial charge in [0.05, 0.1) is 13.1 Å². The molecule has 10 nitrogen and oxygen atoms in total. The Bertz CT molecular complexity index is 1150. The summed E-state index contributed by atoms with van der Waals surface area (Å²) in [5, 5.41) is 11.1. The summed E-state index contributed by atoms with van der Waals surface area (Å²) in [6.07, 6.45) is 8.84. The second-order valence-electron chi connectivity index (χ2n) is 13.6. The summed E-state index contributed by atoms with van der Waals surface area (Å²) in [6, 6.07) is 20.4. The molecule has 3 amide bonds. The van der Waals surface area contributed by atoms with Crippen LogP contribution in [0, 0.1) is 11.8 Å². The van der Waals surface area contributed by atoms with Crippen molar-refractivity contribution in [1.82, 2.24) is 26.2 Å². The lowest BCUT2D eigenvalue weighted by atomic mass is 9.73. The van der Waals surface area contributed by atoms with Gasteiger partial charge in [0.15, 0.2) is 0 Å². The van der Waals surface area contributed by atoms with Crippen LogP contribution in [-0.4, -0.2) is 87.2 Å². The lowest BCUT2D eigenvalue weighted by Crippen LogP contribution is -2.50. The van der Waals surface area contributed by atoms with Gasteiger partial charge >= 0.3 is 0 Å². The first-order valence-corrected chi connectivity index (χ1v) is 18.6. The van der Waals surface area contributed by atoms with Gasteiger partial charge in [-0.05, 0) is 83.4 Å². The Labute approximate surface area is 303 Å². The Kier molecular flexibility index (Phi) is 24.5. The van der Waals surface area contributed by atoms with Crippen molar-refractivity contribution in [2.24, 2.45) is 17.6 Å². The molecule has 50 heavy (non-hydrogen) atoms. The first-order chi connectivity index (χ1) is 24.0. The van der Waals surface area contributed by atoms with Gasteiger partial charge < -0.3 is 36.6 Å². The Morgan fingerprint density at radius 3 is 2.00 bits per heavy atom. The van der Waals surface area contributed by atoms with E-state index in [-0.39, 0.29) is 43.0 Å². The number of hydrogen-bond acceptors (Lipinski definition) is 7. The average molecular weight is 697 g/mol. The van der Waals surface area contributed by atoms with E-state index in [1.165, 1.54) is 45.2 Å². The van der Waals surface area contributed by atoms with Gasteiger partial charge in [0, 0.05) is 51.0 Å². The molecule has 2 aromatic carbocycles. The summed E-state index contributed by atoms with van der Waals surface area (Å²) in [4.78, 5) is 36.2. The zero-order chi connectivity index (χ0) is 37.1.